The molecular formula is C22H28N4O4S. The second-order valence-electron chi connectivity index (χ2n) is 9.59. The van der Waals surface area contributed by atoms with Crippen molar-refractivity contribution in [3.63, 3.8) is 0 Å². The molecule has 2 aliphatic rings. The minimum atomic E-state index is -3.31. The molecule has 9 heteroatoms. The van der Waals surface area contributed by atoms with E-state index in [1.54, 1.807) is 12.1 Å². The second kappa shape index (κ2) is 7.78. The van der Waals surface area contributed by atoms with E-state index in [2.05, 4.69) is 36.5 Å². The van der Waals surface area contributed by atoms with Crippen molar-refractivity contribution in [2.24, 2.45) is 11.3 Å². The molecule has 0 spiro atoms. The molecule has 2 aromatic rings. The summed E-state index contributed by atoms with van der Waals surface area (Å²) in [6, 6.07) is 9.04. The molecule has 2 N–H and O–H groups in total. The van der Waals surface area contributed by atoms with Crippen LogP contribution >= 0.6 is 0 Å². The van der Waals surface area contributed by atoms with E-state index < -0.39 is 21.7 Å². The third-order valence-electron chi connectivity index (χ3n) is 5.95. The highest BCUT2D eigenvalue weighted by atomic mass is 32.2. The highest BCUT2D eigenvalue weighted by Crippen LogP contribution is 2.38. The summed E-state index contributed by atoms with van der Waals surface area (Å²) >= 11 is 0. The van der Waals surface area contributed by atoms with Crippen LogP contribution < -0.4 is 10.6 Å². The van der Waals surface area contributed by atoms with Crippen molar-refractivity contribution in [3.8, 4) is 5.69 Å². The van der Waals surface area contributed by atoms with E-state index in [1.165, 1.54) is 4.68 Å². The van der Waals surface area contributed by atoms with Crippen LogP contribution in [-0.4, -0.2) is 36.1 Å². The van der Waals surface area contributed by atoms with Gasteiger partial charge in [0.25, 0.3) is 0 Å². The van der Waals surface area contributed by atoms with E-state index in [4.69, 9.17) is 0 Å². The van der Waals surface area contributed by atoms with Crippen molar-refractivity contribution in [3.05, 3.63) is 41.6 Å². The van der Waals surface area contributed by atoms with Crippen molar-refractivity contribution >= 4 is 27.5 Å². The Hall–Kier alpha value is -2.68. The molecule has 1 aromatic carbocycles. The van der Waals surface area contributed by atoms with Crippen molar-refractivity contribution in [2.45, 2.75) is 57.6 Å². The van der Waals surface area contributed by atoms with Gasteiger partial charge < -0.3 is 10.6 Å². The van der Waals surface area contributed by atoms with Gasteiger partial charge >= 0.3 is 11.8 Å². The number of carbonyl (C=O) groups is 2. The Morgan fingerprint density at radius 3 is 2.48 bits per heavy atom. The summed E-state index contributed by atoms with van der Waals surface area (Å²) in [5.74, 6) is -1.22. The molecule has 1 aromatic heterocycles. The maximum absolute atomic E-state index is 12.8. The average Bonchev–Trinajstić information content (AvgIpc) is 3.13. The lowest BCUT2D eigenvalue weighted by atomic mass is 9.70. The van der Waals surface area contributed by atoms with Crippen molar-refractivity contribution < 1.29 is 18.0 Å². The SMILES string of the molecule is C[C@@H]1C[C@@H](NC(=O)C(=O)Nc2c3c(nn2-c2ccccc2)CS(=O)(=O)C3)CC(C)(C)C1. The molecule has 0 unspecified atom stereocenters. The van der Waals surface area contributed by atoms with Crippen LogP contribution in [0.15, 0.2) is 30.3 Å². The van der Waals surface area contributed by atoms with E-state index in [-0.39, 0.29) is 28.8 Å². The van der Waals surface area contributed by atoms with Crippen LogP contribution in [0.3, 0.4) is 0 Å². The van der Waals surface area contributed by atoms with Gasteiger partial charge in [0.05, 0.1) is 22.9 Å². The highest BCUT2D eigenvalue weighted by molar-refractivity contribution is 7.90. The number of carbonyl (C=O) groups excluding carboxylic acids is 2. The van der Waals surface area contributed by atoms with Crippen LogP contribution in [0.5, 0.6) is 0 Å². The van der Waals surface area contributed by atoms with Gasteiger partial charge in [-0.25, -0.2) is 13.1 Å². The normalized spacial score (nSPS) is 23.7. The van der Waals surface area contributed by atoms with Crippen molar-refractivity contribution in [1.29, 1.82) is 0 Å². The Labute approximate surface area is 182 Å². The molecule has 2 heterocycles. The van der Waals surface area contributed by atoms with Gasteiger partial charge in [0, 0.05) is 11.6 Å². The summed E-state index contributed by atoms with van der Waals surface area (Å²) < 4.78 is 25.7. The molecule has 31 heavy (non-hydrogen) atoms. The third-order valence-corrected chi connectivity index (χ3v) is 7.39. The van der Waals surface area contributed by atoms with Crippen LogP contribution in [0.4, 0.5) is 5.82 Å². The first-order valence-corrected chi connectivity index (χ1v) is 12.3. The average molecular weight is 445 g/mol. The fourth-order valence-corrected chi connectivity index (χ4v) is 6.49. The quantitative estimate of drug-likeness (QED) is 0.707. The molecule has 0 bridgehead atoms. The molecule has 1 aliphatic carbocycles. The number of aromatic nitrogens is 2. The van der Waals surface area contributed by atoms with E-state index in [1.807, 2.05) is 18.2 Å². The number of amides is 2. The number of rotatable bonds is 3. The summed E-state index contributed by atoms with van der Waals surface area (Å²) in [4.78, 5) is 25.4. The number of benzene rings is 1. The molecule has 0 saturated heterocycles. The monoisotopic (exact) mass is 444 g/mol. The first kappa shape index (κ1) is 21.5. The van der Waals surface area contributed by atoms with E-state index in [0.29, 0.717) is 22.9 Å². The first-order chi connectivity index (χ1) is 14.5. The maximum atomic E-state index is 12.8. The minimum absolute atomic E-state index is 0.0675. The van der Waals surface area contributed by atoms with Crippen molar-refractivity contribution in [2.75, 3.05) is 5.32 Å². The molecular weight excluding hydrogens is 416 g/mol. The maximum Gasteiger partial charge on any atom is 0.314 e. The van der Waals surface area contributed by atoms with Crippen LogP contribution in [0.2, 0.25) is 0 Å². The summed E-state index contributed by atoms with van der Waals surface area (Å²) in [6.07, 6.45) is 2.73. The number of para-hydroxylation sites is 1. The summed E-state index contributed by atoms with van der Waals surface area (Å²) in [5.41, 5.74) is 1.63. The minimum Gasteiger partial charge on any atom is -0.345 e. The molecule has 4 rings (SSSR count). The second-order valence-corrected chi connectivity index (χ2v) is 11.7. The van der Waals surface area contributed by atoms with Gasteiger partial charge in [0.15, 0.2) is 9.84 Å². The number of nitrogens with zero attached hydrogens (tertiary/aromatic N) is 2. The Bertz CT molecular complexity index is 1120. The topological polar surface area (TPSA) is 110 Å². The number of hydrogen-bond acceptors (Lipinski definition) is 5. The molecule has 2 amide bonds. The largest absolute Gasteiger partial charge is 0.345 e. The first-order valence-electron chi connectivity index (χ1n) is 10.5. The van der Waals surface area contributed by atoms with Crippen LogP contribution in [0.1, 0.15) is 51.3 Å². The Morgan fingerprint density at radius 2 is 1.81 bits per heavy atom. The van der Waals surface area contributed by atoms with Gasteiger partial charge in [0.2, 0.25) is 0 Å². The van der Waals surface area contributed by atoms with E-state index in [0.717, 1.165) is 19.3 Å². The lowest BCUT2D eigenvalue weighted by molar-refractivity contribution is -0.137. The van der Waals surface area contributed by atoms with E-state index >= 15 is 0 Å². The molecule has 1 fully saturated rings. The smallest absolute Gasteiger partial charge is 0.314 e. The lowest BCUT2D eigenvalue weighted by Crippen LogP contribution is -2.46. The number of nitrogens with one attached hydrogen (secondary N) is 2. The molecule has 1 aliphatic heterocycles. The van der Waals surface area contributed by atoms with E-state index in [9.17, 15) is 18.0 Å². The predicted molar refractivity (Wildman–Crippen MR) is 117 cm³/mol. The fraction of sp³-hybridized carbons (Fsp3) is 0.500. The number of fused-ring (bicyclic) bond motifs is 1. The van der Waals surface area contributed by atoms with Gasteiger partial charge in [0.1, 0.15) is 5.82 Å². The molecule has 0 radical (unpaired) electrons. The van der Waals surface area contributed by atoms with Gasteiger partial charge in [-0.1, -0.05) is 39.0 Å². The van der Waals surface area contributed by atoms with Crippen LogP contribution in [-0.2, 0) is 30.9 Å². The summed E-state index contributed by atoms with van der Waals surface area (Å²) in [6.45, 7) is 6.50. The predicted octanol–water partition coefficient (Wildman–Crippen LogP) is 2.57. The lowest BCUT2D eigenvalue weighted by Gasteiger charge is -2.39. The standard InChI is InChI=1S/C22H28N4O4S/c1-14-9-15(11-22(2,3)10-14)23-20(27)21(28)24-19-17-12-31(29,30)13-18(17)25-26(19)16-7-5-4-6-8-16/h4-8,14-15H,9-13H2,1-3H3,(H,23,27)(H,24,28)/t14-,15-/m1/s1. The zero-order chi connectivity index (χ0) is 22.4. The Kier molecular flexibility index (Phi) is 5.41. The summed E-state index contributed by atoms with van der Waals surface area (Å²) in [7, 11) is -3.31. The zero-order valence-electron chi connectivity index (χ0n) is 18.0. The Balaban J connectivity index is 1.56. The number of hydrogen-bond donors (Lipinski definition) is 2. The third kappa shape index (κ3) is 4.66. The van der Waals surface area contributed by atoms with Gasteiger partial charge in [-0.3, -0.25) is 9.59 Å². The molecule has 1 saturated carbocycles. The van der Waals surface area contributed by atoms with Crippen LogP contribution in [0.25, 0.3) is 5.69 Å². The molecule has 2 atom stereocenters. The zero-order valence-corrected chi connectivity index (χ0v) is 18.8. The highest BCUT2D eigenvalue weighted by Gasteiger charge is 2.36. The number of anilines is 1. The van der Waals surface area contributed by atoms with Gasteiger partial charge in [-0.05, 0) is 42.7 Å². The summed E-state index contributed by atoms with van der Waals surface area (Å²) in [5, 5.41) is 9.90. The molecule has 166 valence electrons. The van der Waals surface area contributed by atoms with Crippen molar-refractivity contribution in [1.82, 2.24) is 15.1 Å². The van der Waals surface area contributed by atoms with Crippen LogP contribution in [0, 0.1) is 11.3 Å². The molecule has 8 nitrogen and oxygen atoms in total. The number of sulfone groups is 1. The van der Waals surface area contributed by atoms with Gasteiger partial charge in [-0.2, -0.15) is 5.10 Å². The van der Waals surface area contributed by atoms with Gasteiger partial charge in [-0.15, -0.1) is 0 Å². The Morgan fingerprint density at radius 1 is 1.10 bits per heavy atom. The fourth-order valence-electron chi connectivity index (χ4n) is 5.00.